The van der Waals surface area contributed by atoms with E-state index in [0.29, 0.717) is 54.5 Å². The Kier molecular flexibility index (Phi) is 4.21. The summed E-state index contributed by atoms with van der Waals surface area (Å²) in [6.45, 7) is 1.30. The molecule has 0 spiro atoms. The van der Waals surface area contributed by atoms with Crippen LogP contribution in [-0.2, 0) is 19.5 Å². The van der Waals surface area contributed by atoms with Crippen molar-refractivity contribution in [1.29, 1.82) is 0 Å². The van der Waals surface area contributed by atoms with Crippen LogP contribution in [0.5, 0.6) is 5.75 Å². The zero-order chi connectivity index (χ0) is 19.0. The molecule has 3 heterocycles. The van der Waals surface area contributed by atoms with Crippen molar-refractivity contribution in [1.82, 2.24) is 14.9 Å². The number of non-ortho nitro benzene ring substituents is 1. The summed E-state index contributed by atoms with van der Waals surface area (Å²) in [5, 5.41) is 21.0. The van der Waals surface area contributed by atoms with E-state index in [2.05, 4.69) is 9.97 Å². The normalized spacial score (nSPS) is 14.1. The Morgan fingerprint density at radius 1 is 1.37 bits per heavy atom. The molecule has 0 unspecified atom stereocenters. The highest BCUT2D eigenvalue weighted by molar-refractivity contribution is 5.47. The van der Waals surface area contributed by atoms with Crippen LogP contribution in [0.4, 0.5) is 5.69 Å². The van der Waals surface area contributed by atoms with Crippen molar-refractivity contribution >= 4 is 5.69 Å². The average Bonchev–Trinajstić information content (AvgIpc) is 3.18. The predicted molar refractivity (Wildman–Crippen MR) is 95.1 cm³/mol. The molecular formula is C18H16N4O5. The van der Waals surface area contributed by atoms with Crippen LogP contribution in [0.25, 0.3) is 11.6 Å². The minimum atomic E-state index is -0.495. The molecule has 0 aliphatic carbocycles. The number of aromatic nitrogens is 2. The van der Waals surface area contributed by atoms with Crippen molar-refractivity contribution in [3.63, 3.8) is 0 Å². The van der Waals surface area contributed by atoms with E-state index in [1.807, 2.05) is 4.90 Å². The number of rotatable bonds is 4. The SMILES string of the molecule is O=c1[nH]c(-c2ccco2)nc2c1CCN(Cc1cc([N+](=O)[O-])ccc1O)C2. The molecule has 9 nitrogen and oxygen atoms in total. The Morgan fingerprint density at radius 3 is 2.96 bits per heavy atom. The van der Waals surface area contributed by atoms with E-state index >= 15 is 0 Å². The monoisotopic (exact) mass is 368 g/mol. The van der Waals surface area contributed by atoms with Gasteiger partial charge in [0.15, 0.2) is 11.6 Å². The van der Waals surface area contributed by atoms with Crippen LogP contribution in [-0.4, -0.2) is 31.4 Å². The fraction of sp³-hybridized carbons (Fsp3) is 0.222. The molecule has 4 rings (SSSR count). The number of H-pyrrole nitrogens is 1. The molecule has 0 fully saturated rings. The Morgan fingerprint density at radius 2 is 2.22 bits per heavy atom. The summed E-state index contributed by atoms with van der Waals surface area (Å²) in [4.78, 5) is 32.1. The van der Waals surface area contributed by atoms with E-state index in [9.17, 15) is 20.0 Å². The molecule has 0 amide bonds. The molecule has 9 heteroatoms. The standard InChI is InChI=1S/C18H16N4O5/c23-15-4-3-12(22(25)26)8-11(15)9-21-6-5-13-14(10-21)19-17(20-18(13)24)16-2-1-7-27-16/h1-4,7-8,23H,5-6,9-10H2,(H,19,20,24). The van der Waals surface area contributed by atoms with Gasteiger partial charge in [-0.1, -0.05) is 0 Å². The van der Waals surface area contributed by atoms with Gasteiger partial charge in [0.25, 0.3) is 11.2 Å². The summed E-state index contributed by atoms with van der Waals surface area (Å²) < 4.78 is 5.30. The van der Waals surface area contributed by atoms with Crippen molar-refractivity contribution in [3.05, 3.63) is 73.9 Å². The van der Waals surface area contributed by atoms with Crippen LogP contribution in [0.3, 0.4) is 0 Å². The summed E-state index contributed by atoms with van der Waals surface area (Å²) in [6, 6.07) is 7.38. The quantitative estimate of drug-likeness (QED) is 0.534. The van der Waals surface area contributed by atoms with Gasteiger partial charge >= 0.3 is 0 Å². The topological polar surface area (TPSA) is 126 Å². The lowest BCUT2D eigenvalue weighted by molar-refractivity contribution is -0.385. The number of nitro benzene ring substituents is 1. The van der Waals surface area contributed by atoms with E-state index in [1.165, 1.54) is 24.5 Å². The van der Waals surface area contributed by atoms with E-state index in [4.69, 9.17) is 4.42 Å². The second kappa shape index (κ2) is 6.69. The first-order chi connectivity index (χ1) is 13.0. The van der Waals surface area contributed by atoms with E-state index in [-0.39, 0.29) is 17.0 Å². The number of hydrogen-bond donors (Lipinski definition) is 2. The highest BCUT2D eigenvalue weighted by Crippen LogP contribution is 2.26. The molecule has 1 aromatic carbocycles. The van der Waals surface area contributed by atoms with Gasteiger partial charge in [-0.15, -0.1) is 0 Å². The zero-order valence-corrected chi connectivity index (χ0v) is 14.2. The number of aromatic amines is 1. The number of aromatic hydroxyl groups is 1. The number of phenolic OH excluding ortho intramolecular Hbond substituents is 1. The molecule has 1 aliphatic rings. The first-order valence-electron chi connectivity index (χ1n) is 8.36. The molecule has 0 bridgehead atoms. The number of fused-ring (bicyclic) bond motifs is 1. The summed E-state index contributed by atoms with van der Waals surface area (Å²) in [6.07, 6.45) is 2.01. The smallest absolute Gasteiger partial charge is 0.270 e. The van der Waals surface area contributed by atoms with E-state index in [1.54, 1.807) is 12.1 Å². The fourth-order valence-corrected chi connectivity index (χ4v) is 3.21. The van der Waals surface area contributed by atoms with Crippen molar-refractivity contribution in [3.8, 4) is 17.3 Å². The molecule has 0 atom stereocenters. The Balaban J connectivity index is 1.61. The highest BCUT2D eigenvalue weighted by atomic mass is 16.6. The van der Waals surface area contributed by atoms with Gasteiger partial charge in [-0.05, 0) is 24.6 Å². The van der Waals surface area contributed by atoms with Crippen LogP contribution in [0.2, 0.25) is 0 Å². The number of nitro groups is 1. The lowest BCUT2D eigenvalue weighted by atomic mass is 10.0. The van der Waals surface area contributed by atoms with Crippen molar-refractivity contribution in [2.45, 2.75) is 19.5 Å². The van der Waals surface area contributed by atoms with Crippen molar-refractivity contribution in [2.24, 2.45) is 0 Å². The van der Waals surface area contributed by atoms with Crippen molar-refractivity contribution in [2.75, 3.05) is 6.54 Å². The number of nitrogens with zero attached hydrogens (tertiary/aromatic N) is 3. The van der Waals surface area contributed by atoms with E-state index < -0.39 is 4.92 Å². The average molecular weight is 368 g/mol. The minimum Gasteiger partial charge on any atom is -0.508 e. The van der Waals surface area contributed by atoms with Crippen LogP contribution < -0.4 is 5.56 Å². The third-order valence-corrected chi connectivity index (χ3v) is 4.57. The Hall–Kier alpha value is -3.46. The van der Waals surface area contributed by atoms with Gasteiger partial charge in [-0.3, -0.25) is 19.8 Å². The number of nitrogens with one attached hydrogen (secondary N) is 1. The summed E-state index contributed by atoms with van der Waals surface area (Å²) in [7, 11) is 0. The number of phenols is 1. The van der Waals surface area contributed by atoms with Gasteiger partial charge in [-0.2, -0.15) is 0 Å². The summed E-state index contributed by atoms with van der Waals surface area (Å²) in [5.41, 5.74) is 1.47. The molecule has 0 radical (unpaired) electrons. The maximum Gasteiger partial charge on any atom is 0.270 e. The first kappa shape index (κ1) is 17.0. The lowest BCUT2D eigenvalue weighted by Crippen LogP contribution is -2.35. The molecule has 2 N–H and O–H groups in total. The first-order valence-corrected chi connectivity index (χ1v) is 8.36. The summed E-state index contributed by atoms with van der Waals surface area (Å²) >= 11 is 0. The van der Waals surface area contributed by atoms with Gasteiger partial charge in [0.2, 0.25) is 0 Å². The molecule has 138 valence electrons. The van der Waals surface area contributed by atoms with Crippen molar-refractivity contribution < 1.29 is 14.4 Å². The maximum atomic E-state index is 12.3. The fourth-order valence-electron chi connectivity index (χ4n) is 3.21. The highest BCUT2D eigenvalue weighted by Gasteiger charge is 2.23. The van der Waals surface area contributed by atoms with Gasteiger partial charge in [0.1, 0.15) is 5.75 Å². The van der Waals surface area contributed by atoms with Crippen LogP contribution in [0.1, 0.15) is 16.8 Å². The molecule has 0 saturated carbocycles. The third-order valence-electron chi connectivity index (χ3n) is 4.57. The van der Waals surface area contributed by atoms with Gasteiger partial charge < -0.3 is 14.5 Å². The Bertz CT molecular complexity index is 1060. The van der Waals surface area contributed by atoms with Gasteiger partial charge in [-0.25, -0.2) is 4.98 Å². The number of hydrogen-bond acceptors (Lipinski definition) is 7. The van der Waals surface area contributed by atoms with Crippen LogP contribution in [0.15, 0.2) is 45.8 Å². The zero-order valence-electron chi connectivity index (χ0n) is 14.2. The second-order valence-electron chi connectivity index (χ2n) is 6.35. The predicted octanol–water partition coefficient (Wildman–Crippen LogP) is 2.20. The Labute approximate surface area is 153 Å². The largest absolute Gasteiger partial charge is 0.508 e. The minimum absolute atomic E-state index is 0.00143. The molecule has 27 heavy (non-hydrogen) atoms. The molecule has 3 aromatic rings. The second-order valence-corrected chi connectivity index (χ2v) is 6.35. The molecule has 0 saturated heterocycles. The molecular weight excluding hydrogens is 352 g/mol. The number of furan rings is 1. The van der Waals surface area contributed by atoms with Gasteiger partial charge in [0.05, 0.1) is 16.9 Å². The molecule has 2 aromatic heterocycles. The molecule has 1 aliphatic heterocycles. The summed E-state index contributed by atoms with van der Waals surface area (Å²) in [5.74, 6) is 0.841. The third kappa shape index (κ3) is 3.32. The van der Waals surface area contributed by atoms with Crippen LogP contribution >= 0.6 is 0 Å². The number of benzene rings is 1. The van der Waals surface area contributed by atoms with Gasteiger partial charge in [0, 0.05) is 42.9 Å². The van der Waals surface area contributed by atoms with Crippen LogP contribution in [0, 0.1) is 10.1 Å². The lowest BCUT2D eigenvalue weighted by Gasteiger charge is -2.27. The maximum absolute atomic E-state index is 12.3. The van der Waals surface area contributed by atoms with E-state index in [0.717, 1.165) is 0 Å².